The molecule has 0 saturated carbocycles. The van der Waals surface area contributed by atoms with Crippen LogP contribution in [0.15, 0.2) is 78.4 Å². The second-order valence-electron chi connectivity index (χ2n) is 10.7. The molecule has 3 aromatic rings. The third-order valence-electron chi connectivity index (χ3n) is 7.47. The van der Waals surface area contributed by atoms with Crippen LogP contribution in [0.2, 0.25) is 0 Å². The molecule has 1 atom stereocenters. The lowest BCUT2D eigenvalue weighted by atomic mass is 9.68. The Balaban J connectivity index is 1.40. The maximum atomic E-state index is 5.99. The van der Waals surface area contributed by atoms with Gasteiger partial charge in [0, 0.05) is 24.6 Å². The van der Waals surface area contributed by atoms with Crippen LogP contribution in [0.25, 0.3) is 17.3 Å². The summed E-state index contributed by atoms with van der Waals surface area (Å²) in [5, 5.41) is 0. The molecule has 2 aromatic carbocycles. The van der Waals surface area contributed by atoms with Crippen LogP contribution in [-0.2, 0) is 11.3 Å². The van der Waals surface area contributed by atoms with Gasteiger partial charge in [-0.05, 0) is 67.2 Å². The fourth-order valence-corrected chi connectivity index (χ4v) is 5.23. The summed E-state index contributed by atoms with van der Waals surface area (Å²) in [7, 11) is 0. The number of hydrogen-bond acceptors (Lipinski definition) is 5. The largest absolute Gasteiger partial charge is 0.489 e. The predicted molar refractivity (Wildman–Crippen MR) is 151 cm³/mol. The van der Waals surface area contributed by atoms with E-state index in [1.165, 1.54) is 12.0 Å². The number of rotatable bonds is 7. The molecule has 5 heteroatoms. The monoisotopic (exact) mass is 495 g/mol. The smallest absolute Gasteiger partial charge is 0.226 e. The average molecular weight is 496 g/mol. The van der Waals surface area contributed by atoms with Gasteiger partial charge in [-0.1, -0.05) is 61.9 Å². The van der Waals surface area contributed by atoms with Gasteiger partial charge < -0.3 is 14.4 Å². The highest BCUT2D eigenvalue weighted by Gasteiger charge is 2.30. The summed E-state index contributed by atoms with van der Waals surface area (Å²) in [6.45, 7) is 10.5. The average Bonchev–Trinajstić information content (AvgIpc) is 2.92. The van der Waals surface area contributed by atoms with E-state index in [1.807, 2.05) is 30.3 Å². The van der Waals surface area contributed by atoms with Crippen molar-refractivity contribution in [2.45, 2.75) is 40.2 Å². The van der Waals surface area contributed by atoms with Gasteiger partial charge in [0.05, 0.1) is 24.6 Å². The lowest BCUT2D eigenvalue weighted by Gasteiger charge is -2.36. The van der Waals surface area contributed by atoms with Crippen LogP contribution >= 0.6 is 0 Å². The Labute approximate surface area is 220 Å². The number of ether oxygens (including phenoxy) is 2. The first-order valence-electron chi connectivity index (χ1n) is 13.3. The zero-order valence-electron chi connectivity index (χ0n) is 22.2. The van der Waals surface area contributed by atoms with Crippen molar-refractivity contribution in [3.8, 4) is 17.0 Å². The minimum atomic E-state index is 0.244. The van der Waals surface area contributed by atoms with E-state index in [1.54, 1.807) is 0 Å². The second kappa shape index (κ2) is 11.3. The molecule has 37 heavy (non-hydrogen) atoms. The van der Waals surface area contributed by atoms with Crippen molar-refractivity contribution >= 4 is 12.0 Å². The molecule has 2 aliphatic rings. The van der Waals surface area contributed by atoms with Crippen molar-refractivity contribution in [1.82, 2.24) is 9.97 Å². The summed E-state index contributed by atoms with van der Waals surface area (Å²) in [5.41, 5.74) is 5.74. The minimum absolute atomic E-state index is 0.244. The Hall–Kier alpha value is -3.44. The third kappa shape index (κ3) is 6.28. The van der Waals surface area contributed by atoms with Crippen LogP contribution in [0, 0.1) is 11.3 Å². The summed E-state index contributed by atoms with van der Waals surface area (Å²) in [5.74, 6) is 2.02. The molecule has 0 bridgehead atoms. The van der Waals surface area contributed by atoms with Gasteiger partial charge in [-0.3, -0.25) is 0 Å². The van der Waals surface area contributed by atoms with Crippen molar-refractivity contribution in [3.05, 3.63) is 89.6 Å². The first-order chi connectivity index (χ1) is 18.0. The van der Waals surface area contributed by atoms with Gasteiger partial charge >= 0.3 is 0 Å². The van der Waals surface area contributed by atoms with Gasteiger partial charge in [0.2, 0.25) is 5.95 Å². The molecule has 1 fully saturated rings. The van der Waals surface area contributed by atoms with E-state index in [0.29, 0.717) is 25.7 Å². The number of benzene rings is 2. The fraction of sp³-hybridized carbons (Fsp3) is 0.375. The molecule has 0 radical (unpaired) electrons. The van der Waals surface area contributed by atoms with Crippen molar-refractivity contribution in [2.75, 3.05) is 31.2 Å². The van der Waals surface area contributed by atoms with Gasteiger partial charge in [-0.15, -0.1) is 0 Å². The maximum absolute atomic E-state index is 5.99. The standard InChI is InChI=1S/C32H37N3O2/c1-24-8-7-17-32(2,3)29(24)16-13-27-22-30(34-31(33-27)35-18-20-36-21-19-35)26-11-14-28(15-12-26)37-23-25-9-5-4-6-10-25/h4-6,8-16,22,29H,7,17-21,23H2,1-3H3/b16-13+. The molecule has 1 saturated heterocycles. The molecule has 5 rings (SSSR count). The highest BCUT2D eigenvalue weighted by Crippen LogP contribution is 2.42. The van der Waals surface area contributed by atoms with E-state index in [4.69, 9.17) is 19.4 Å². The predicted octanol–water partition coefficient (Wildman–Crippen LogP) is 6.95. The second-order valence-corrected chi connectivity index (χ2v) is 10.7. The molecule has 0 spiro atoms. The first-order valence-corrected chi connectivity index (χ1v) is 13.3. The van der Waals surface area contributed by atoms with Crippen LogP contribution in [0.4, 0.5) is 5.95 Å². The fourth-order valence-electron chi connectivity index (χ4n) is 5.23. The molecule has 1 unspecified atom stereocenters. The van der Waals surface area contributed by atoms with Crippen molar-refractivity contribution in [1.29, 1.82) is 0 Å². The molecule has 192 valence electrons. The van der Waals surface area contributed by atoms with E-state index in [0.717, 1.165) is 53.7 Å². The molecule has 1 aliphatic carbocycles. The van der Waals surface area contributed by atoms with Crippen LogP contribution in [0.1, 0.15) is 44.9 Å². The molecule has 0 amide bonds. The van der Waals surface area contributed by atoms with Crippen molar-refractivity contribution in [3.63, 3.8) is 0 Å². The van der Waals surface area contributed by atoms with E-state index in [9.17, 15) is 0 Å². The van der Waals surface area contributed by atoms with Gasteiger partial charge in [0.15, 0.2) is 0 Å². The summed E-state index contributed by atoms with van der Waals surface area (Å²) in [6, 6.07) is 20.5. The van der Waals surface area contributed by atoms with E-state index in [-0.39, 0.29) is 5.41 Å². The quantitative estimate of drug-likeness (QED) is 0.332. The van der Waals surface area contributed by atoms with Gasteiger partial charge in [-0.2, -0.15) is 0 Å². The molecular formula is C32H37N3O2. The van der Waals surface area contributed by atoms with Crippen LogP contribution in [0.5, 0.6) is 5.75 Å². The molecular weight excluding hydrogens is 458 g/mol. The van der Waals surface area contributed by atoms with E-state index in [2.05, 4.69) is 74.2 Å². The summed E-state index contributed by atoms with van der Waals surface area (Å²) < 4.78 is 11.6. The van der Waals surface area contributed by atoms with Crippen molar-refractivity contribution in [2.24, 2.45) is 11.3 Å². The van der Waals surface area contributed by atoms with Gasteiger partial charge in [0.1, 0.15) is 12.4 Å². The molecule has 2 heterocycles. The number of nitrogens with zero attached hydrogens (tertiary/aromatic N) is 3. The Bertz CT molecular complexity index is 1240. The lowest BCUT2D eigenvalue weighted by molar-refractivity contribution is 0.122. The third-order valence-corrected chi connectivity index (χ3v) is 7.47. The highest BCUT2D eigenvalue weighted by molar-refractivity contribution is 5.65. The van der Waals surface area contributed by atoms with Gasteiger partial charge in [-0.25, -0.2) is 9.97 Å². The summed E-state index contributed by atoms with van der Waals surface area (Å²) in [6.07, 6.45) is 9.26. The van der Waals surface area contributed by atoms with Crippen LogP contribution in [-0.4, -0.2) is 36.3 Å². The molecule has 1 aromatic heterocycles. The van der Waals surface area contributed by atoms with Gasteiger partial charge in [0.25, 0.3) is 0 Å². The molecule has 1 aliphatic heterocycles. The Morgan fingerprint density at radius 3 is 2.51 bits per heavy atom. The maximum Gasteiger partial charge on any atom is 0.226 e. The zero-order valence-corrected chi connectivity index (χ0v) is 22.2. The minimum Gasteiger partial charge on any atom is -0.489 e. The number of anilines is 1. The van der Waals surface area contributed by atoms with Crippen molar-refractivity contribution < 1.29 is 9.47 Å². The molecule has 0 N–H and O–H groups in total. The van der Waals surface area contributed by atoms with E-state index < -0.39 is 0 Å². The lowest BCUT2D eigenvalue weighted by Crippen LogP contribution is -2.37. The number of morpholine rings is 1. The number of allylic oxidation sites excluding steroid dienone is 3. The highest BCUT2D eigenvalue weighted by atomic mass is 16.5. The van der Waals surface area contributed by atoms with E-state index >= 15 is 0 Å². The Morgan fingerprint density at radius 1 is 1.03 bits per heavy atom. The normalized spacial score (nSPS) is 19.6. The number of hydrogen-bond donors (Lipinski definition) is 0. The Kier molecular flexibility index (Phi) is 7.71. The summed E-state index contributed by atoms with van der Waals surface area (Å²) in [4.78, 5) is 12.1. The van der Waals surface area contributed by atoms with Crippen LogP contribution < -0.4 is 9.64 Å². The van der Waals surface area contributed by atoms with Crippen LogP contribution in [0.3, 0.4) is 0 Å². The first kappa shape index (κ1) is 25.2. The molecule has 5 nitrogen and oxygen atoms in total. The Morgan fingerprint density at radius 2 is 1.78 bits per heavy atom. The number of aromatic nitrogens is 2. The summed E-state index contributed by atoms with van der Waals surface area (Å²) >= 11 is 0. The SMILES string of the molecule is CC1=CCCC(C)(C)C1/C=C/c1cc(-c2ccc(OCc3ccccc3)cc2)nc(N2CCOCC2)n1. The topological polar surface area (TPSA) is 47.5 Å². The zero-order chi connectivity index (χ0) is 25.7.